The maximum absolute atomic E-state index is 8.89. The van der Waals surface area contributed by atoms with E-state index in [1.807, 2.05) is 0 Å². The van der Waals surface area contributed by atoms with Crippen molar-refractivity contribution in [3.8, 4) is 0 Å². The zero-order valence-electron chi connectivity index (χ0n) is 9.11. The van der Waals surface area contributed by atoms with Crippen molar-refractivity contribution in [3.05, 3.63) is 35.9 Å². The van der Waals surface area contributed by atoms with Crippen molar-refractivity contribution >= 4 is 27.6 Å². The average Bonchev–Trinajstić information content (AvgIpc) is 2.01. The largest absolute Gasteiger partial charge is 0.409 e. The summed E-state index contributed by atoms with van der Waals surface area (Å²) in [4.78, 5) is 0. The lowest BCUT2D eigenvalue weighted by Gasteiger charge is -2.23. The summed E-state index contributed by atoms with van der Waals surface area (Å²) in [6.45, 7) is 1.10. The molecule has 0 N–H and O–H groups in total. The number of rotatable bonds is 2. The van der Waals surface area contributed by atoms with Crippen LogP contribution in [-0.4, -0.2) is 25.6 Å². The lowest BCUT2D eigenvalue weighted by atomic mass is 10.2. The zero-order valence-corrected chi connectivity index (χ0v) is 12.0. The van der Waals surface area contributed by atoms with E-state index in [9.17, 15) is 0 Å². The second-order valence-corrected chi connectivity index (χ2v) is 6.70. The Labute approximate surface area is 101 Å². The lowest BCUT2D eigenvalue weighted by molar-refractivity contribution is -0.884. The molecule has 0 aliphatic rings. The van der Waals surface area contributed by atoms with E-state index in [2.05, 4.69) is 60.4 Å². The summed E-state index contributed by atoms with van der Waals surface area (Å²) in [6.07, 6.45) is 0. The Hall–Kier alpha value is -0.200. The van der Waals surface area contributed by atoms with Crippen LogP contribution in [0.5, 0.6) is 0 Å². The predicted molar refractivity (Wildman–Crippen MR) is 69.4 cm³/mol. The molecule has 0 aliphatic carbocycles. The van der Waals surface area contributed by atoms with Crippen molar-refractivity contribution < 1.29 is 10.6 Å². The van der Waals surface area contributed by atoms with E-state index in [1.54, 1.807) is 0 Å². The quantitative estimate of drug-likeness (QED) is 0.610. The first-order chi connectivity index (χ1) is 6.81. The van der Waals surface area contributed by atoms with Crippen molar-refractivity contribution in [2.45, 2.75) is 6.54 Å². The van der Waals surface area contributed by atoms with Gasteiger partial charge in [0.15, 0.2) is 0 Å². The standard InChI is InChI=1S/C10H16N.ClIO2/c1-11(2,3)9-10-7-5-4-6-8-10;1-2(3)4/h4-8H,9H2,1-3H3;/q+1;. The number of hydrogen-bond acceptors (Lipinski definition) is 2. The molecule has 0 atom stereocenters. The average molecular weight is 345 g/mol. The minimum absolute atomic E-state index is 0.990. The highest BCUT2D eigenvalue weighted by atomic mass is 127. The first kappa shape index (κ1) is 14.8. The van der Waals surface area contributed by atoms with Gasteiger partial charge in [0.2, 0.25) is 0 Å². The van der Waals surface area contributed by atoms with E-state index in [4.69, 9.17) is 6.14 Å². The molecule has 0 aliphatic heterocycles. The smallest absolute Gasteiger partial charge is 0.327 e. The fourth-order valence-electron chi connectivity index (χ4n) is 1.13. The van der Waals surface area contributed by atoms with Gasteiger partial charge in [-0.25, -0.2) is 6.14 Å². The molecule has 5 heteroatoms. The summed E-state index contributed by atoms with van der Waals surface area (Å²) < 4.78 is 18.8. The van der Waals surface area contributed by atoms with E-state index in [-0.39, 0.29) is 0 Å². The molecule has 0 radical (unpaired) electrons. The summed E-state index contributed by atoms with van der Waals surface area (Å²) in [5.74, 6) is 0. The third kappa shape index (κ3) is 11.7. The molecule has 0 fully saturated rings. The van der Waals surface area contributed by atoms with Gasteiger partial charge < -0.3 is 4.48 Å². The van der Waals surface area contributed by atoms with Crippen LogP contribution in [-0.2, 0) is 12.7 Å². The van der Waals surface area contributed by atoms with Gasteiger partial charge in [0.05, 0.1) is 21.1 Å². The van der Waals surface area contributed by atoms with Crippen LogP contribution in [0.3, 0.4) is 0 Å². The van der Waals surface area contributed by atoms with E-state index in [1.165, 1.54) is 5.56 Å². The van der Waals surface area contributed by atoms with Crippen molar-refractivity contribution in [1.29, 1.82) is 0 Å². The van der Waals surface area contributed by atoms with E-state index in [0.717, 1.165) is 11.0 Å². The zero-order chi connectivity index (χ0) is 11.9. The summed E-state index contributed by atoms with van der Waals surface area (Å²) >= 11 is -3.29. The third-order valence-electron chi connectivity index (χ3n) is 1.50. The summed E-state index contributed by atoms with van der Waals surface area (Å²) in [7, 11) is 10.9. The normalized spacial score (nSPS) is 10.7. The predicted octanol–water partition coefficient (Wildman–Crippen LogP) is 3.23. The van der Waals surface area contributed by atoms with Crippen molar-refractivity contribution in [1.82, 2.24) is 0 Å². The van der Waals surface area contributed by atoms with Gasteiger partial charge in [-0.1, -0.05) is 30.3 Å². The highest BCUT2D eigenvalue weighted by Crippen LogP contribution is 2.07. The molecule has 0 heterocycles. The van der Waals surface area contributed by atoms with Crippen LogP contribution in [0.4, 0.5) is 0 Å². The third-order valence-corrected chi connectivity index (χ3v) is 1.50. The van der Waals surface area contributed by atoms with Crippen molar-refractivity contribution in [2.75, 3.05) is 21.1 Å². The van der Waals surface area contributed by atoms with E-state index >= 15 is 0 Å². The van der Waals surface area contributed by atoms with E-state index < -0.39 is 18.7 Å². The SMILES string of the molecule is C[N+](C)(C)Cc1ccccc1.O=I(=O)Cl. The number of benzene rings is 1. The van der Waals surface area contributed by atoms with Gasteiger partial charge in [-0.05, 0) is 0 Å². The van der Waals surface area contributed by atoms with Crippen LogP contribution in [0, 0.1) is 0 Å². The molecule has 0 saturated carbocycles. The Balaban J connectivity index is 0.000000423. The number of quaternary nitrogens is 1. The molecule has 0 bridgehead atoms. The van der Waals surface area contributed by atoms with E-state index in [0.29, 0.717) is 0 Å². The van der Waals surface area contributed by atoms with Crippen molar-refractivity contribution in [2.24, 2.45) is 0 Å². The van der Waals surface area contributed by atoms with Gasteiger partial charge in [0, 0.05) is 14.5 Å². The number of hydrogen-bond donors (Lipinski definition) is 0. The Kier molecular flexibility index (Phi) is 7.04. The van der Waals surface area contributed by atoms with Gasteiger partial charge in [-0.2, -0.15) is 0 Å². The molecule has 0 spiro atoms. The van der Waals surface area contributed by atoms with Gasteiger partial charge >= 0.3 is 18.7 Å². The Morgan fingerprint density at radius 1 is 1.13 bits per heavy atom. The molecule has 1 rings (SSSR count). The molecule has 1 aromatic rings. The minimum atomic E-state index is -3.29. The van der Waals surface area contributed by atoms with Crippen LogP contribution < -0.4 is 0 Å². The minimum Gasteiger partial charge on any atom is -0.327 e. The molecule has 0 saturated heterocycles. The van der Waals surface area contributed by atoms with Gasteiger partial charge in [0.25, 0.3) is 0 Å². The highest BCUT2D eigenvalue weighted by molar-refractivity contribution is 14.2. The molecule has 0 amide bonds. The van der Waals surface area contributed by atoms with Gasteiger partial charge in [-0.3, -0.25) is 0 Å². The fraction of sp³-hybridized carbons (Fsp3) is 0.400. The lowest BCUT2D eigenvalue weighted by Crippen LogP contribution is -2.33. The van der Waals surface area contributed by atoms with Crippen molar-refractivity contribution in [3.63, 3.8) is 0 Å². The molecule has 0 unspecified atom stereocenters. The Bertz CT molecular complexity index is 336. The van der Waals surface area contributed by atoms with Crippen LogP contribution in [0.25, 0.3) is 0 Å². The summed E-state index contributed by atoms with van der Waals surface area (Å²) in [5.41, 5.74) is 1.40. The second-order valence-electron chi connectivity index (χ2n) is 4.11. The van der Waals surface area contributed by atoms with Crippen LogP contribution >= 0.6 is 27.6 Å². The summed E-state index contributed by atoms with van der Waals surface area (Å²) in [5, 5.41) is 0. The topological polar surface area (TPSA) is 34.1 Å². The molecule has 15 heavy (non-hydrogen) atoms. The summed E-state index contributed by atoms with van der Waals surface area (Å²) in [6, 6.07) is 10.6. The number of halogens is 2. The second kappa shape index (κ2) is 7.14. The van der Waals surface area contributed by atoms with Gasteiger partial charge in [0.1, 0.15) is 6.54 Å². The van der Waals surface area contributed by atoms with Gasteiger partial charge in [-0.15, -0.1) is 0 Å². The maximum Gasteiger partial charge on any atom is 0.409 e. The Morgan fingerprint density at radius 2 is 1.53 bits per heavy atom. The monoisotopic (exact) mass is 344 g/mol. The Morgan fingerprint density at radius 3 is 1.87 bits per heavy atom. The molecule has 86 valence electrons. The highest BCUT2D eigenvalue weighted by Gasteiger charge is 2.06. The van der Waals surface area contributed by atoms with Crippen LogP contribution in [0.2, 0.25) is 0 Å². The molecule has 1 aromatic carbocycles. The van der Waals surface area contributed by atoms with Crippen LogP contribution in [0.1, 0.15) is 5.56 Å². The molecular weight excluding hydrogens is 328 g/mol. The molecule has 3 nitrogen and oxygen atoms in total. The molecular formula is C10H16ClINO2+. The molecule has 0 aromatic heterocycles. The first-order valence-corrected chi connectivity index (χ1v) is 8.87. The van der Waals surface area contributed by atoms with Crippen LogP contribution in [0.15, 0.2) is 30.3 Å². The number of nitrogens with zero attached hydrogens (tertiary/aromatic N) is 1. The maximum atomic E-state index is 8.89. The fourth-order valence-corrected chi connectivity index (χ4v) is 1.13. The first-order valence-electron chi connectivity index (χ1n) is 4.37.